The summed E-state index contributed by atoms with van der Waals surface area (Å²) in [6.07, 6.45) is 0.571. The Morgan fingerprint density at radius 3 is 2.23 bits per heavy atom. The third kappa shape index (κ3) is 2.48. The molecule has 2 aromatic carbocycles. The molecule has 2 aliphatic rings. The summed E-state index contributed by atoms with van der Waals surface area (Å²) >= 11 is 0. The van der Waals surface area contributed by atoms with Gasteiger partial charge in [0.25, 0.3) is 5.91 Å². The Morgan fingerprint density at radius 1 is 0.923 bits per heavy atom. The highest BCUT2D eigenvalue weighted by Crippen LogP contribution is 2.44. The molecule has 1 saturated heterocycles. The van der Waals surface area contributed by atoms with Crippen LogP contribution in [0.2, 0.25) is 0 Å². The Balaban J connectivity index is 1.61. The molecule has 0 saturated carbocycles. The zero-order chi connectivity index (χ0) is 18.4. The number of fused-ring (bicyclic) bond motifs is 1. The number of hydrogen-bond acceptors (Lipinski definition) is 4. The second-order valence-corrected chi connectivity index (χ2v) is 9.25. The molecule has 2 aromatic rings. The highest BCUT2D eigenvalue weighted by molar-refractivity contribution is 7.93. The molecule has 5 nitrogen and oxygen atoms in total. The van der Waals surface area contributed by atoms with E-state index in [1.165, 1.54) is 6.07 Å². The summed E-state index contributed by atoms with van der Waals surface area (Å²) in [6.45, 7) is 0.671. The molecule has 0 atom stereocenters. The molecular weight excluding hydrogens is 350 g/mol. The van der Waals surface area contributed by atoms with Crippen LogP contribution in [0.15, 0.2) is 59.5 Å². The fourth-order valence-corrected chi connectivity index (χ4v) is 6.21. The molecule has 0 aromatic heterocycles. The molecule has 0 radical (unpaired) electrons. The van der Waals surface area contributed by atoms with Gasteiger partial charge in [-0.05, 0) is 31.0 Å². The minimum absolute atomic E-state index is 0.000284. The van der Waals surface area contributed by atoms with E-state index in [1.54, 1.807) is 47.4 Å². The predicted molar refractivity (Wildman–Crippen MR) is 96.9 cm³/mol. The molecule has 0 N–H and O–H groups in total. The first kappa shape index (κ1) is 17.0. The molecule has 1 amide bonds. The van der Waals surface area contributed by atoms with Crippen LogP contribution in [0, 0.1) is 0 Å². The van der Waals surface area contributed by atoms with Crippen LogP contribution < -0.4 is 0 Å². The molecule has 0 bridgehead atoms. The van der Waals surface area contributed by atoms with Gasteiger partial charge in [0.2, 0.25) is 0 Å². The lowest BCUT2D eigenvalue weighted by Crippen LogP contribution is -2.53. The SMILES string of the molecule is O=C1CC2(CCN(C(=O)c3ccccc3)CC2)S(=O)(=O)c2ccccc21. The minimum atomic E-state index is -3.61. The highest BCUT2D eigenvalue weighted by atomic mass is 32.2. The van der Waals surface area contributed by atoms with Gasteiger partial charge in [-0.1, -0.05) is 36.4 Å². The number of carbonyl (C=O) groups excluding carboxylic acids is 2. The van der Waals surface area contributed by atoms with Crippen LogP contribution >= 0.6 is 0 Å². The molecule has 0 aliphatic carbocycles. The monoisotopic (exact) mass is 369 g/mol. The van der Waals surface area contributed by atoms with Gasteiger partial charge in [0.05, 0.1) is 9.64 Å². The van der Waals surface area contributed by atoms with Crippen LogP contribution in [0.5, 0.6) is 0 Å². The van der Waals surface area contributed by atoms with Gasteiger partial charge in [0, 0.05) is 30.6 Å². The highest BCUT2D eigenvalue weighted by Gasteiger charge is 2.52. The Hall–Kier alpha value is -2.47. The summed E-state index contributed by atoms with van der Waals surface area (Å²) in [5, 5.41) is 0. The van der Waals surface area contributed by atoms with Gasteiger partial charge in [-0.15, -0.1) is 0 Å². The van der Waals surface area contributed by atoms with Gasteiger partial charge in [-0.3, -0.25) is 9.59 Å². The van der Waals surface area contributed by atoms with E-state index in [4.69, 9.17) is 0 Å². The van der Waals surface area contributed by atoms with Crippen molar-refractivity contribution in [2.45, 2.75) is 28.9 Å². The van der Waals surface area contributed by atoms with Crippen molar-refractivity contribution in [2.24, 2.45) is 0 Å². The summed E-state index contributed by atoms with van der Waals surface area (Å²) in [6, 6.07) is 15.4. The molecule has 134 valence electrons. The number of rotatable bonds is 1. The third-order valence-electron chi connectivity index (χ3n) is 5.51. The van der Waals surface area contributed by atoms with Gasteiger partial charge >= 0.3 is 0 Å². The Morgan fingerprint density at radius 2 is 1.54 bits per heavy atom. The van der Waals surface area contributed by atoms with E-state index in [0.29, 0.717) is 24.2 Å². The molecule has 2 heterocycles. The van der Waals surface area contributed by atoms with Crippen molar-refractivity contribution in [3.63, 3.8) is 0 Å². The summed E-state index contributed by atoms with van der Waals surface area (Å²) in [5.41, 5.74) is 0.886. The Labute approximate surface area is 152 Å². The zero-order valence-corrected chi connectivity index (χ0v) is 15.0. The molecule has 0 unspecified atom stereocenters. The Kier molecular flexibility index (Phi) is 3.95. The van der Waals surface area contributed by atoms with Gasteiger partial charge in [0.15, 0.2) is 15.6 Å². The number of benzene rings is 2. The van der Waals surface area contributed by atoms with Crippen molar-refractivity contribution in [3.05, 3.63) is 65.7 Å². The lowest BCUT2D eigenvalue weighted by Gasteiger charge is -2.43. The van der Waals surface area contributed by atoms with Crippen molar-refractivity contribution in [1.29, 1.82) is 0 Å². The molecule has 1 fully saturated rings. The number of piperidine rings is 1. The number of sulfone groups is 1. The third-order valence-corrected chi connectivity index (χ3v) is 8.14. The minimum Gasteiger partial charge on any atom is -0.339 e. The van der Waals surface area contributed by atoms with Crippen molar-refractivity contribution in [2.75, 3.05) is 13.1 Å². The Bertz CT molecular complexity index is 974. The average molecular weight is 369 g/mol. The van der Waals surface area contributed by atoms with Crippen molar-refractivity contribution < 1.29 is 18.0 Å². The van der Waals surface area contributed by atoms with Crippen LogP contribution in [0.25, 0.3) is 0 Å². The first-order valence-electron chi connectivity index (χ1n) is 8.66. The molecule has 26 heavy (non-hydrogen) atoms. The fourth-order valence-electron chi connectivity index (χ4n) is 3.97. The number of Topliss-reactive ketones (excluding diaryl/α,β-unsaturated/α-hetero) is 1. The standard InChI is InChI=1S/C20H19NO4S/c22-17-14-20(26(24,25)18-9-5-4-8-16(17)18)10-12-21(13-11-20)19(23)15-6-2-1-3-7-15/h1-9H,10-14H2. The van der Waals surface area contributed by atoms with Crippen LogP contribution in [0.3, 0.4) is 0 Å². The fraction of sp³-hybridized carbons (Fsp3) is 0.300. The predicted octanol–water partition coefficient (Wildman–Crippen LogP) is 2.72. The van der Waals surface area contributed by atoms with E-state index in [0.717, 1.165) is 0 Å². The van der Waals surface area contributed by atoms with E-state index in [2.05, 4.69) is 0 Å². The molecule has 4 rings (SSSR count). The smallest absolute Gasteiger partial charge is 0.253 e. The van der Waals surface area contributed by atoms with Gasteiger partial charge in [0.1, 0.15) is 0 Å². The van der Waals surface area contributed by atoms with Crippen LogP contribution in [0.1, 0.15) is 40.0 Å². The largest absolute Gasteiger partial charge is 0.339 e. The maximum Gasteiger partial charge on any atom is 0.253 e. The molecular formula is C20H19NO4S. The molecule has 2 aliphatic heterocycles. The average Bonchev–Trinajstić information content (AvgIpc) is 2.67. The zero-order valence-electron chi connectivity index (χ0n) is 14.2. The lowest BCUT2D eigenvalue weighted by molar-refractivity contribution is 0.0691. The van der Waals surface area contributed by atoms with Crippen molar-refractivity contribution in [3.8, 4) is 0 Å². The summed E-state index contributed by atoms with van der Waals surface area (Å²) in [5.74, 6) is -0.223. The quantitative estimate of drug-likeness (QED) is 0.775. The number of carbonyl (C=O) groups is 2. The van der Waals surface area contributed by atoms with Crippen molar-refractivity contribution in [1.82, 2.24) is 4.90 Å². The number of likely N-dealkylation sites (tertiary alicyclic amines) is 1. The number of hydrogen-bond donors (Lipinski definition) is 0. The van der Waals surface area contributed by atoms with E-state index < -0.39 is 14.6 Å². The summed E-state index contributed by atoms with van der Waals surface area (Å²) in [7, 11) is -3.61. The molecule has 6 heteroatoms. The summed E-state index contributed by atoms with van der Waals surface area (Å²) < 4.78 is 25.3. The number of amides is 1. The topological polar surface area (TPSA) is 71.5 Å². The maximum atomic E-state index is 13.2. The van der Waals surface area contributed by atoms with Gasteiger partial charge < -0.3 is 4.90 Å². The number of ketones is 1. The van der Waals surface area contributed by atoms with Crippen LogP contribution in [-0.2, 0) is 9.84 Å². The van der Waals surface area contributed by atoms with E-state index in [1.807, 2.05) is 6.07 Å². The van der Waals surface area contributed by atoms with Gasteiger partial charge in [-0.2, -0.15) is 0 Å². The first-order chi connectivity index (χ1) is 12.4. The maximum absolute atomic E-state index is 13.2. The van der Waals surface area contributed by atoms with Crippen LogP contribution in [-0.4, -0.2) is 42.8 Å². The van der Waals surface area contributed by atoms with E-state index >= 15 is 0 Å². The summed E-state index contributed by atoms with van der Waals surface area (Å²) in [4.78, 5) is 27.0. The van der Waals surface area contributed by atoms with Crippen LogP contribution in [0.4, 0.5) is 0 Å². The molecule has 1 spiro atoms. The normalized spacial score (nSPS) is 20.6. The van der Waals surface area contributed by atoms with E-state index in [9.17, 15) is 18.0 Å². The number of nitrogens with zero attached hydrogens (tertiary/aromatic N) is 1. The second-order valence-electron chi connectivity index (χ2n) is 6.94. The van der Waals surface area contributed by atoms with Crippen molar-refractivity contribution >= 4 is 21.5 Å². The van der Waals surface area contributed by atoms with Gasteiger partial charge in [-0.25, -0.2) is 8.42 Å². The van der Waals surface area contributed by atoms with E-state index in [-0.39, 0.29) is 35.8 Å². The lowest BCUT2D eigenvalue weighted by atomic mass is 9.88. The second kappa shape index (κ2) is 6.06. The first-order valence-corrected chi connectivity index (χ1v) is 10.1.